The summed E-state index contributed by atoms with van der Waals surface area (Å²) < 4.78 is 3.89. The van der Waals surface area contributed by atoms with Crippen LogP contribution in [0, 0.1) is 0 Å². The number of hydrogen-bond acceptors (Lipinski definition) is 1. The molecule has 0 saturated carbocycles. The third-order valence-corrected chi connectivity index (χ3v) is 1.53. The molecular formula is C5H11NS. The van der Waals surface area contributed by atoms with Crippen LogP contribution in [0.4, 0.5) is 0 Å². The second-order valence-corrected chi connectivity index (χ2v) is 2.57. The Labute approximate surface area is 48.5 Å². The SMILES string of the molecule is CCC(C)=S=NC. The topological polar surface area (TPSA) is 12.4 Å². The molecule has 0 rings (SSSR count). The monoisotopic (exact) mass is 117 g/mol. The second-order valence-electron chi connectivity index (χ2n) is 1.33. The zero-order chi connectivity index (χ0) is 5.70. The molecule has 1 nitrogen and oxygen atoms in total. The van der Waals surface area contributed by atoms with Crippen LogP contribution in [0.3, 0.4) is 0 Å². The maximum Gasteiger partial charge on any atom is 0.0400 e. The Kier molecular flexibility index (Phi) is 4.00. The molecular weight excluding hydrogens is 106 g/mol. The van der Waals surface area contributed by atoms with Gasteiger partial charge in [-0.3, -0.25) is 0 Å². The quantitative estimate of drug-likeness (QED) is 0.461. The Morgan fingerprint density at radius 2 is 2.29 bits per heavy atom. The van der Waals surface area contributed by atoms with E-state index in [1.54, 1.807) is 11.1 Å². The molecule has 0 fully saturated rings. The molecule has 0 bridgehead atoms. The highest BCUT2D eigenvalue weighted by atomic mass is 32.1. The van der Waals surface area contributed by atoms with Crippen LogP contribution in [-0.4, -0.2) is 11.9 Å². The van der Waals surface area contributed by atoms with Crippen LogP contribution in [0.1, 0.15) is 20.3 Å². The lowest BCUT2D eigenvalue weighted by atomic mass is 10.4. The molecule has 2 heteroatoms. The van der Waals surface area contributed by atoms with Crippen LogP contribution in [0.15, 0.2) is 4.36 Å². The molecule has 0 saturated heterocycles. The predicted octanol–water partition coefficient (Wildman–Crippen LogP) is 1.48. The van der Waals surface area contributed by atoms with Crippen LogP contribution in [0.5, 0.6) is 0 Å². The van der Waals surface area contributed by atoms with Crippen LogP contribution in [0.25, 0.3) is 0 Å². The molecule has 0 atom stereocenters. The van der Waals surface area contributed by atoms with Crippen LogP contribution in [0.2, 0.25) is 0 Å². The van der Waals surface area contributed by atoms with Crippen molar-refractivity contribution in [1.29, 1.82) is 0 Å². The van der Waals surface area contributed by atoms with E-state index in [1.165, 1.54) is 4.86 Å². The Morgan fingerprint density at radius 3 is 2.43 bits per heavy atom. The van der Waals surface area contributed by atoms with Crippen molar-refractivity contribution in [3.8, 4) is 0 Å². The summed E-state index contributed by atoms with van der Waals surface area (Å²) in [6.07, 6.45) is 1.13. The highest BCUT2D eigenvalue weighted by Crippen LogP contribution is 1.75. The van der Waals surface area contributed by atoms with Gasteiger partial charge in [-0.15, -0.1) is 0 Å². The predicted molar refractivity (Wildman–Crippen MR) is 36.7 cm³/mol. The average Bonchev–Trinajstić information content (AvgIpc) is 1.68. The summed E-state index contributed by atoms with van der Waals surface area (Å²) in [6.45, 7) is 4.23. The summed E-state index contributed by atoms with van der Waals surface area (Å²) in [6, 6.07) is 0. The Morgan fingerprint density at radius 1 is 1.71 bits per heavy atom. The molecule has 42 valence electrons. The molecule has 0 amide bonds. The Hall–Kier alpha value is -0.110. The zero-order valence-electron chi connectivity index (χ0n) is 5.06. The summed E-state index contributed by atoms with van der Waals surface area (Å²) in [4.78, 5) is 1.38. The maximum absolute atomic E-state index is 3.89. The summed E-state index contributed by atoms with van der Waals surface area (Å²) in [5.41, 5.74) is 0. The van der Waals surface area contributed by atoms with E-state index in [1.807, 2.05) is 7.05 Å². The van der Waals surface area contributed by atoms with Gasteiger partial charge in [-0.25, -0.2) is 4.36 Å². The molecule has 0 aliphatic rings. The lowest BCUT2D eigenvalue weighted by Gasteiger charge is -1.80. The molecule has 7 heavy (non-hydrogen) atoms. The van der Waals surface area contributed by atoms with Gasteiger partial charge in [0.1, 0.15) is 0 Å². The number of rotatable bonds is 1. The summed E-state index contributed by atoms with van der Waals surface area (Å²) in [5.74, 6) is 0. The molecule has 0 spiro atoms. The van der Waals surface area contributed by atoms with Crippen molar-refractivity contribution in [3.63, 3.8) is 0 Å². The molecule has 0 unspecified atom stereocenters. The molecule has 0 aromatic heterocycles. The first-order valence-corrected chi connectivity index (χ1v) is 3.17. The normalized spacial score (nSPS) is 7.86. The maximum atomic E-state index is 3.89. The summed E-state index contributed by atoms with van der Waals surface area (Å²) >= 11 is 1.57. The highest BCUT2D eigenvalue weighted by Gasteiger charge is 1.74. The third-order valence-electron chi connectivity index (χ3n) is 0.745. The van der Waals surface area contributed by atoms with Gasteiger partial charge in [0.15, 0.2) is 0 Å². The van der Waals surface area contributed by atoms with Crippen molar-refractivity contribution in [3.05, 3.63) is 0 Å². The van der Waals surface area contributed by atoms with E-state index in [-0.39, 0.29) is 0 Å². The smallest absolute Gasteiger partial charge is 0.0400 e. The minimum atomic E-state index is 1.13. The van der Waals surface area contributed by atoms with Gasteiger partial charge in [-0.1, -0.05) is 18.1 Å². The standard InChI is InChI=1S/C5H11NS/c1-4-5(2)7-6-3/h4H2,1-3H3. The first kappa shape index (κ1) is 6.89. The van der Waals surface area contributed by atoms with Gasteiger partial charge >= 0.3 is 0 Å². The van der Waals surface area contributed by atoms with E-state index in [4.69, 9.17) is 0 Å². The van der Waals surface area contributed by atoms with Gasteiger partial charge in [0.2, 0.25) is 0 Å². The lowest BCUT2D eigenvalue weighted by Crippen LogP contribution is -1.82. The van der Waals surface area contributed by atoms with E-state index in [0.717, 1.165) is 6.42 Å². The largest absolute Gasteiger partial charge is 0.234 e. The number of hydrogen-bond donors (Lipinski definition) is 0. The van der Waals surface area contributed by atoms with E-state index < -0.39 is 0 Å². The first-order chi connectivity index (χ1) is 3.31. The molecule has 0 N–H and O–H groups in total. The van der Waals surface area contributed by atoms with E-state index in [2.05, 4.69) is 18.2 Å². The van der Waals surface area contributed by atoms with Crippen molar-refractivity contribution in [2.75, 3.05) is 7.05 Å². The van der Waals surface area contributed by atoms with Gasteiger partial charge in [0.25, 0.3) is 0 Å². The Bertz CT molecular complexity index is 101. The molecule has 0 aliphatic heterocycles. The third kappa shape index (κ3) is 3.73. The summed E-state index contributed by atoms with van der Waals surface area (Å²) in [7, 11) is 1.81. The highest BCUT2D eigenvalue weighted by molar-refractivity contribution is 7.68. The summed E-state index contributed by atoms with van der Waals surface area (Å²) in [5, 5.41) is 0. The molecule has 0 aromatic carbocycles. The van der Waals surface area contributed by atoms with E-state index >= 15 is 0 Å². The van der Waals surface area contributed by atoms with Gasteiger partial charge in [-0.2, -0.15) is 0 Å². The van der Waals surface area contributed by atoms with E-state index in [0.29, 0.717) is 0 Å². The fourth-order valence-corrected chi connectivity index (χ4v) is 0.661. The van der Waals surface area contributed by atoms with Crippen molar-refractivity contribution >= 4 is 16.0 Å². The molecule has 0 aromatic rings. The van der Waals surface area contributed by atoms with Gasteiger partial charge in [0.05, 0.1) is 0 Å². The van der Waals surface area contributed by atoms with Gasteiger partial charge in [-0.05, 0) is 18.2 Å². The molecule has 0 aliphatic carbocycles. The Balaban J connectivity index is 3.74. The fourth-order valence-electron chi connectivity index (χ4n) is 0.220. The molecule has 0 radical (unpaired) electrons. The van der Waals surface area contributed by atoms with E-state index in [9.17, 15) is 0 Å². The van der Waals surface area contributed by atoms with Crippen molar-refractivity contribution in [2.24, 2.45) is 4.36 Å². The minimum absolute atomic E-state index is 1.13. The van der Waals surface area contributed by atoms with Crippen molar-refractivity contribution in [1.82, 2.24) is 0 Å². The second kappa shape index (κ2) is 4.06. The van der Waals surface area contributed by atoms with Crippen LogP contribution >= 0.6 is 0 Å². The lowest BCUT2D eigenvalue weighted by molar-refractivity contribution is 1.31. The van der Waals surface area contributed by atoms with Crippen molar-refractivity contribution in [2.45, 2.75) is 20.3 Å². The molecule has 0 heterocycles. The number of nitrogens with zero attached hydrogens (tertiary/aromatic N) is 1. The zero-order valence-corrected chi connectivity index (χ0v) is 5.88. The first-order valence-electron chi connectivity index (χ1n) is 2.39. The van der Waals surface area contributed by atoms with Crippen LogP contribution < -0.4 is 0 Å². The minimum Gasteiger partial charge on any atom is -0.234 e. The average molecular weight is 117 g/mol. The van der Waals surface area contributed by atoms with Crippen molar-refractivity contribution < 1.29 is 0 Å². The van der Waals surface area contributed by atoms with Gasteiger partial charge in [0, 0.05) is 7.05 Å². The fraction of sp³-hybridized carbons (Fsp3) is 0.800. The van der Waals surface area contributed by atoms with Gasteiger partial charge < -0.3 is 0 Å². The van der Waals surface area contributed by atoms with Crippen LogP contribution in [-0.2, 0) is 11.1 Å².